The highest BCUT2D eigenvalue weighted by Crippen LogP contribution is 2.30. The molecule has 0 bridgehead atoms. The molecule has 4 rings (SSSR count). The Bertz CT molecular complexity index is 1040. The first kappa shape index (κ1) is 17.1. The third-order valence-electron chi connectivity index (χ3n) is 4.64. The van der Waals surface area contributed by atoms with Crippen LogP contribution in [0, 0.1) is 0 Å². The Morgan fingerprint density at radius 2 is 1.89 bits per heavy atom. The number of hydrogen-bond acceptors (Lipinski definition) is 4. The fourth-order valence-electron chi connectivity index (χ4n) is 3.18. The molecule has 1 N–H and O–H groups in total. The third kappa shape index (κ3) is 3.65. The monoisotopic (exact) mass is 364 g/mol. The number of ether oxygens (including phenoxy) is 2. The number of pyridine rings is 1. The smallest absolute Gasteiger partial charge is 0.252 e. The zero-order valence-corrected chi connectivity index (χ0v) is 15.0. The number of fused-ring (bicyclic) bond motifs is 2. The van der Waals surface area contributed by atoms with Crippen molar-refractivity contribution in [2.45, 2.75) is 12.5 Å². The van der Waals surface area contributed by atoms with Crippen LogP contribution in [0.1, 0.15) is 5.56 Å². The highest BCUT2D eigenvalue weighted by Gasteiger charge is 2.24. The minimum Gasteiger partial charge on any atom is -0.486 e. The average molecular weight is 364 g/mol. The zero-order valence-electron chi connectivity index (χ0n) is 15.0. The van der Waals surface area contributed by atoms with Gasteiger partial charge in [-0.05, 0) is 29.7 Å². The average Bonchev–Trinajstić information content (AvgIpc) is 2.68. The number of hydrogen-bond donors (Lipinski definition) is 1. The van der Waals surface area contributed by atoms with E-state index in [0.717, 1.165) is 10.9 Å². The quantitative estimate of drug-likeness (QED) is 0.772. The topological polar surface area (TPSA) is 71.6 Å². The normalized spacial score (nSPS) is 15.5. The van der Waals surface area contributed by atoms with Crippen molar-refractivity contribution in [3.63, 3.8) is 0 Å². The van der Waals surface area contributed by atoms with Crippen LogP contribution in [-0.4, -0.2) is 42.1 Å². The van der Waals surface area contributed by atoms with E-state index in [1.807, 2.05) is 48.5 Å². The van der Waals surface area contributed by atoms with Gasteiger partial charge in [-0.15, -0.1) is 0 Å². The summed E-state index contributed by atoms with van der Waals surface area (Å²) in [5.74, 6) is 1.25. The number of amides is 1. The summed E-state index contributed by atoms with van der Waals surface area (Å²) in [6, 6.07) is 16.8. The molecular formula is C21H20N2O4. The van der Waals surface area contributed by atoms with Crippen molar-refractivity contribution in [3.8, 4) is 11.5 Å². The highest BCUT2D eigenvalue weighted by atomic mass is 16.6. The molecule has 6 heteroatoms. The van der Waals surface area contributed by atoms with Gasteiger partial charge in [0.15, 0.2) is 17.6 Å². The third-order valence-corrected chi connectivity index (χ3v) is 4.64. The van der Waals surface area contributed by atoms with E-state index in [-0.39, 0.29) is 24.0 Å². The predicted molar refractivity (Wildman–Crippen MR) is 102 cm³/mol. The number of carbonyl (C=O) groups is 1. The predicted octanol–water partition coefficient (Wildman–Crippen LogP) is 2.37. The SMILES string of the molecule is CN(CC1COc2ccccc2O1)C(=O)Cc1cc2ccccc2[nH]c1=O. The Morgan fingerprint density at radius 3 is 2.74 bits per heavy atom. The number of rotatable bonds is 4. The van der Waals surface area contributed by atoms with Gasteiger partial charge in [0.05, 0.1) is 13.0 Å². The van der Waals surface area contributed by atoms with Gasteiger partial charge in [-0.1, -0.05) is 30.3 Å². The van der Waals surface area contributed by atoms with E-state index in [0.29, 0.717) is 30.2 Å². The molecule has 1 aliphatic rings. The fraction of sp³-hybridized carbons (Fsp3) is 0.238. The van der Waals surface area contributed by atoms with Gasteiger partial charge >= 0.3 is 0 Å². The highest BCUT2D eigenvalue weighted by molar-refractivity contribution is 5.82. The minimum atomic E-state index is -0.247. The Hall–Kier alpha value is -3.28. The second kappa shape index (κ2) is 7.15. The van der Waals surface area contributed by atoms with Crippen LogP contribution >= 0.6 is 0 Å². The first-order valence-corrected chi connectivity index (χ1v) is 8.83. The molecule has 3 aromatic rings. The largest absolute Gasteiger partial charge is 0.486 e. The Morgan fingerprint density at radius 1 is 1.15 bits per heavy atom. The number of H-pyrrole nitrogens is 1. The van der Waals surface area contributed by atoms with Crippen LogP contribution in [0.4, 0.5) is 0 Å². The van der Waals surface area contributed by atoms with Crippen molar-refractivity contribution in [1.82, 2.24) is 9.88 Å². The lowest BCUT2D eigenvalue weighted by Gasteiger charge is -2.29. The molecule has 1 aromatic heterocycles. The molecule has 2 heterocycles. The van der Waals surface area contributed by atoms with Gasteiger partial charge in [-0.2, -0.15) is 0 Å². The second-order valence-electron chi connectivity index (χ2n) is 6.66. The van der Waals surface area contributed by atoms with Gasteiger partial charge in [0.25, 0.3) is 5.56 Å². The van der Waals surface area contributed by atoms with E-state index in [4.69, 9.17) is 9.47 Å². The number of carbonyl (C=O) groups excluding carboxylic acids is 1. The number of para-hydroxylation sites is 3. The van der Waals surface area contributed by atoms with E-state index < -0.39 is 0 Å². The first-order valence-electron chi connectivity index (χ1n) is 8.83. The molecule has 1 amide bonds. The van der Waals surface area contributed by atoms with Crippen LogP contribution in [0.3, 0.4) is 0 Å². The standard InChI is InChI=1S/C21H20N2O4/c1-23(12-16-13-26-18-8-4-5-9-19(18)27-16)20(24)11-15-10-14-6-2-3-7-17(14)22-21(15)25/h2-10,16H,11-13H2,1H3,(H,22,25). The van der Waals surface area contributed by atoms with Gasteiger partial charge in [0.2, 0.25) is 5.91 Å². The van der Waals surface area contributed by atoms with Crippen molar-refractivity contribution in [3.05, 3.63) is 70.5 Å². The zero-order chi connectivity index (χ0) is 18.8. The van der Waals surface area contributed by atoms with Crippen molar-refractivity contribution in [1.29, 1.82) is 0 Å². The molecule has 0 spiro atoms. The Kier molecular flexibility index (Phi) is 4.54. The minimum absolute atomic E-state index is 0.0425. The van der Waals surface area contributed by atoms with Gasteiger partial charge in [0, 0.05) is 18.1 Å². The number of aromatic nitrogens is 1. The number of aromatic amines is 1. The van der Waals surface area contributed by atoms with Crippen LogP contribution in [0.2, 0.25) is 0 Å². The summed E-state index contributed by atoms with van der Waals surface area (Å²) in [7, 11) is 1.71. The van der Waals surface area contributed by atoms with Crippen LogP contribution in [0.25, 0.3) is 10.9 Å². The molecule has 0 saturated carbocycles. The summed E-state index contributed by atoms with van der Waals surface area (Å²) in [5.41, 5.74) is 0.983. The van der Waals surface area contributed by atoms with Crippen molar-refractivity contribution >= 4 is 16.8 Å². The maximum absolute atomic E-state index is 12.6. The summed E-state index contributed by atoms with van der Waals surface area (Å²) in [6.07, 6.45) is -0.204. The number of nitrogens with zero attached hydrogens (tertiary/aromatic N) is 1. The summed E-state index contributed by atoms with van der Waals surface area (Å²) in [6.45, 7) is 0.768. The van der Waals surface area contributed by atoms with E-state index in [1.54, 1.807) is 18.0 Å². The molecule has 1 unspecified atom stereocenters. The van der Waals surface area contributed by atoms with Crippen LogP contribution < -0.4 is 15.0 Å². The maximum atomic E-state index is 12.6. The lowest BCUT2D eigenvalue weighted by molar-refractivity contribution is -0.130. The second-order valence-corrected chi connectivity index (χ2v) is 6.66. The summed E-state index contributed by atoms with van der Waals surface area (Å²) >= 11 is 0. The Balaban J connectivity index is 1.43. The molecule has 1 atom stereocenters. The Labute approximate surface area is 156 Å². The number of nitrogens with one attached hydrogen (secondary N) is 1. The van der Waals surface area contributed by atoms with E-state index in [1.165, 1.54) is 0 Å². The number of benzene rings is 2. The van der Waals surface area contributed by atoms with Crippen LogP contribution in [-0.2, 0) is 11.2 Å². The molecule has 27 heavy (non-hydrogen) atoms. The molecular weight excluding hydrogens is 344 g/mol. The van der Waals surface area contributed by atoms with Crippen molar-refractivity contribution < 1.29 is 14.3 Å². The molecule has 0 saturated heterocycles. The maximum Gasteiger partial charge on any atom is 0.252 e. The first-order chi connectivity index (χ1) is 13.1. The lowest BCUT2D eigenvalue weighted by Crippen LogP contribution is -2.42. The van der Waals surface area contributed by atoms with Gasteiger partial charge in [-0.3, -0.25) is 9.59 Å². The van der Waals surface area contributed by atoms with Gasteiger partial charge in [-0.25, -0.2) is 0 Å². The summed E-state index contributed by atoms with van der Waals surface area (Å²) in [5, 5.41) is 0.906. The van der Waals surface area contributed by atoms with E-state index >= 15 is 0 Å². The number of likely N-dealkylation sites (N-methyl/N-ethyl adjacent to an activating group) is 1. The molecule has 1 aliphatic heterocycles. The van der Waals surface area contributed by atoms with Crippen molar-refractivity contribution in [2.24, 2.45) is 0 Å². The van der Waals surface area contributed by atoms with Gasteiger partial charge in [0.1, 0.15) is 6.61 Å². The van der Waals surface area contributed by atoms with E-state index in [2.05, 4.69) is 4.98 Å². The molecule has 138 valence electrons. The van der Waals surface area contributed by atoms with Crippen LogP contribution in [0.15, 0.2) is 59.4 Å². The van der Waals surface area contributed by atoms with Crippen LogP contribution in [0.5, 0.6) is 11.5 Å². The molecule has 6 nitrogen and oxygen atoms in total. The fourth-order valence-corrected chi connectivity index (χ4v) is 3.18. The summed E-state index contributed by atoms with van der Waals surface area (Å²) < 4.78 is 11.6. The van der Waals surface area contributed by atoms with Gasteiger partial charge < -0.3 is 19.4 Å². The molecule has 0 aliphatic carbocycles. The summed E-state index contributed by atoms with van der Waals surface area (Å²) in [4.78, 5) is 29.2. The van der Waals surface area contributed by atoms with Crippen molar-refractivity contribution in [2.75, 3.05) is 20.2 Å². The molecule has 0 fully saturated rings. The molecule has 0 radical (unpaired) electrons. The van der Waals surface area contributed by atoms with E-state index in [9.17, 15) is 9.59 Å². The lowest BCUT2D eigenvalue weighted by atomic mass is 10.1. The molecule has 2 aromatic carbocycles.